The van der Waals surface area contributed by atoms with E-state index in [1.165, 1.54) is 0 Å². The first-order chi connectivity index (χ1) is 4.63. The van der Waals surface area contributed by atoms with Crippen molar-refractivity contribution in [1.82, 2.24) is 14.8 Å². The maximum atomic E-state index is 3.90. The molecule has 0 amide bonds. The highest BCUT2D eigenvalue weighted by Crippen LogP contribution is 2.14. The van der Waals surface area contributed by atoms with Crippen LogP contribution in [0.25, 0.3) is 0 Å². The van der Waals surface area contributed by atoms with Crippen LogP contribution in [0, 0.1) is 6.92 Å². The minimum absolute atomic E-state index is 0.421. The first kappa shape index (κ1) is 7.72. The van der Waals surface area contributed by atoms with E-state index in [1.807, 2.05) is 11.5 Å². The van der Waals surface area contributed by atoms with Crippen LogP contribution in [-0.4, -0.2) is 14.8 Å². The van der Waals surface area contributed by atoms with Crippen LogP contribution in [0.4, 0.5) is 0 Å². The summed E-state index contributed by atoms with van der Waals surface area (Å²) >= 11 is 3.31. The van der Waals surface area contributed by atoms with Crippen LogP contribution in [0.1, 0.15) is 25.7 Å². The molecule has 0 aromatic carbocycles. The summed E-state index contributed by atoms with van der Waals surface area (Å²) in [5.41, 5.74) is 0. The highest BCUT2D eigenvalue weighted by Gasteiger charge is 2.07. The highest BCUT2D eigenvalue weighted by atomic mass is 79.9. The summed E-state index contributed by atoms with van der Waals surface area (Å²) in [6.07, 6.45) is 0. The molecule has 4 heteroatoms. The fraction of sp³-hybridized carbons (Fsp3) is 0.667. The van der Waals surface area contributed by atoms with Crippen molar-refractivity contribution in [2.24, 2.45) is 0 Å². The average Bonchev–Trinajstić information content (AvgIpc) is 2.11. The van der Waals surface area contributed by atoms with Crippen LogP contribution in [0.3, 0.4) is 0 Å². The van der Waals surface area contributed by atoms with Crippen LogP contribution in [0.2, 0.25) is 0 Å². The van der Waals surface area contributed by atoms with E-state index >= 15 is 0 Å². The Morgan fingerprint density at radius 3 is 2.20 bits per heavy atom. The zero-order chi connectivity index (χ0) is 7.72. The van der Waals surface area contributed by atoms with Crippen LogP contribution in [-0.2, 0) is 0 Å². The fourth-order valence-corrected chi connectivity index (χ4v) is 1.68. The molecular weight excluding hydrogens is 194 g/mol. The third-order valence-electron chi connectivity index (χ3n) is 1.34. The van der Waals surface area contributed by atoms with Gasteiger partial charge in [-0.1, -0.05) is 0 Å². The van der Waals surface area contributed by atoms with E-state index in [4.69, 9.17) is 0 Å². The number of hydrogen-bond donors (Lipinski definition) is 0. The maximum absolute atomic E-state index is 3.90. The minimum atomic E-state index is 0.421. The lowest BCUT2D eigenvalue weighted by molar-refractivity contribution is 0.570. The smallest absolute Gasteiger partial charge is 0.200 e. The van der Waals surface area contributed by atoms with E-state index < -0.39 is 0 Å². The van der Waals surface area contributed by atoms with Gasteiger partial charge in [-0.3, -0.25) is 0 Å². The van der Waals surface area contributed by atoms with Crippen LogP contribution in [0.5, 0.6) is 0 Å². The van der Waals surface area contributed by atoms with Gasteiger partial charge in [0.15, 0.2) is 4.73 Å². The Balaban J connectivity index is 3.10. The van der Waals surface area contributed by atoms with Crippen molar-refractivity contribution in [2.75, 3.05) is 0 Å². The predicted octanol–water partition coefficient (Wildman–Crippen LogP) is 1.93. The van der Waals surface area contributed by atoms with Crippen molar-refractivity contribution in [3.63, 3.8) is 0 Å². The summed E-state index contributed by atoms with van der Waals surface area (Å²) in [4.78, 5) is 0. The molecule has 0 unspecified atom stereocenters. The fourth-order valence-electron chi connectivity index (χ4n) is 0.930. The average molecular weight is 204 g/mol. The number of rotatable bonds is 1. The molecular formula is C6H10BrN3. The van der Waals surface area contributed by atoms with Gasteiger partial charge in [-0.15, -0.1) is 10.2 Å². The number of aryl methyl sites for hydroxylation is 1. The standard InChI is InChI=1S/C6H10BrN3/c1-4(2)10-5(3)8-9-6(10)7/h4H,1-3H3. The molecule has 1 heterocycles. The molecule has 0 aliphatic heterocycles. The van der Waals surface area contributed by atoms with Crippen molar-refractivity contribution < 1.29 is 0 Å². The molecule has 0 bridgehead atoms. The first-order valence-corrected chi connectivity index (χ1v) is 3.99. The highest BCUT2D eigenvalue weighted by molar-refractivity contribution is 9.10. The Kier molecular flexibility index (Phi) is 2.08. The topological polar surface area (TPSA) is 30.7 Å². The van der Waals surface area contributed by atoms with Gasteiger partial charge in [0.2, 0.25) is 0 Å². The third-order valence-corrected chi connectivity index (χ3v) is 1.88. The zero-order valence-electron chi connectivity index (χ0n) is 6.30. The van der Waals surface area contributed by atoms with Gasteiger partial charge in [0, 0.05) is 6.04 Å². The molecule has 56 valence electrons. The van der Waals surface area contributed by atoms with E-state index in [2.05, 4.69) is 40.0 Å². The lowest BCUT2D eigenvalue weighted by Crippen LogP contribution is -2.02. The molecule has 0 N–H and O–H groups in total. The van der Waals surface area contributed by atoms with Gasteiger partial charge in [-0.25, -0.2) is 0 Å². The van der Waals surface area contributed by atoms with Gasteiger partial charge in [-0.05, 0) is 36.7 Å². The van der Waals surface area contributed by atoms with E-state index in [1.54, 1.807) is 0 Å². The van der Waals surface area contributed by atoms with Gasteiger partial charge in [-0.2, -0.15) is 0 Å². The Morgan fingerprint density at radius 1 is 1.40 bits per heavy atom. The number of nitrogens with zero attached hydrogens (tertiary/aromatic N) is 3. The Bertz CT molecular complexity index is 209. The Morgan fingerprint density at radius 2 is 2.00 bits per heavy atom. The Labute approximate surface area is 68.6 Å². The van der Waals surface area contributed by atoms with Gasteiger partial charge in [0.1, 0.15) is 5.82 Å². The van der Waals surface area contributed by atoms with Crippen LogP contribution in [0.15, 0.2) is 4.73 Å². The van der Waals surface area contributed by atoms with E-state index in [9.17, 15) is 0 Å². The molecule has 3 nitrogen and oxygen atoms in total. The zero-order valence-corrected chi connectivity index (χ0v) is 7.88. The molecule has 0 aliphatic carbocycles. The lowest BCUT2D eigenvalue weighted by atomic mass is 10.4. The van der Waals surface area contributed by atoms with Crippen molar-refractivity contribution in [3.8, 4) is 0 Å². The summed E-state index contributed by atoms with van der Waals surface area (Å²) in [5, 5.41) is 7.77. The summed E-state index contributed by atoms with van der Waals surface area (Å²) in [6.45, 7) is 6.14. The molecule has 0 atom stereocenters. The summed E-state index contributed by atoms with van der Waals surface area (Å²) in [7, 11) is 0. The minimum Gasteiger partial charge on any atom is -0.303 e. The molecule has 0 spiro atoms. The molecule has 10 heavy (non-hydrogen) atoms. The van der Waals surface area contributed by atoms with E-state index in [0.29, 0.717) is 6.04 Å². The van der Waals surface area contributed by atoms with E-state index in [-0.39, 0.29) is 0 Å². The lowest BCUT2D eigenvalue weighted by Gasteiger charge is -2.07. The first-order valence-electron chi connectivity index (χ1n) is 3.20. The SMILES string of the molecule is Cc1nnc(Br)n1C(C)C. The molecule has 1 aromatic heterocycles. The van der Waals surface area contributed by atoms with Crippen LogP contribution < -0.4 is 0 Å². The second-order valence-corrected chi connectivity index (χ2v) is 3.19. The van der Waals surface area contributed by atoms with Crippen molar-refractivity contribution in [1.29, 1.82) is 0 Å². The molecule has 1 aromatic rings. The molecule has 0 saturated carbocycles. The molecule has 0 saturated heterocycles. The summed E-state index contributed by atoms with van der Waals surface area (Å²) < 4.78 is 2.83. The molecule has 0 radical (unpaired) electrons. The van der Waals surface area contributed by atoms with Gasteiger partial charge in [0.25, 0.3) is 0 Å². The van der Waals surface area contributed by atoms with Gasteiger partial charge in [0.05, 0.1) is 0 Å². The van der Waals surface area contributed by atoms with E-state index in [0.717, 1.165) is 10.6 Å². The molecule has 1 rings (SSSR count). The largest absolute Gasteiger partial charge is 0.303 e. The van der Waals surface area contributed by atoms with Crippen molar-refractivity contribution >= 4 is 15.9 Å². The van der Waals surface area contributed by atoms with Crippen molar-refractivity contribution in [3.05, 3.63) is 10.6 Å². The number of halogens is 1. The monoisotopic (exact) mass is 203 g/mol. The quantitative estimate of drug-likeness (QED) is 0.699. The summed E-state index contributed by atoms with van der Waals surface area (Å²) in [5.74, 6) is 0.946. The Hall–Kier alpha value is -0.380. The normalized spacial score (nSPS) is 10.9. The van der Waals surface area contributed by atoms with Gasteiger partial charge < -0.3 is 4.57 Å². The third kappa shape index (κ3) is 1.21. The second-order valence-electron chi connectivity index (χ2n) is 2.48. The number of hydrogen-bond acceptors (Lipinski definition) is 2. The number of aromatic nitrogens is 3. The maximum Gasteiger partial charge on any atom is 0.200 e. The molecule has 0 aliphatic rings. The van der Waals surface area contributed by atoms with Gasteiger partial charge >= 0.3 is 0 Å². The second kappa shape index (κ2) is 2.70. The molecule has 0 fully saturated rings. The summed E-state index contributed by atoms with van der Waals surface area (Å²) in [6, 6.07) is 0.421. The van der Waals surface area contributed by atoms with Crippen molar-refractivity contribution in [2.45, 2.75) is 26.8 Å². The predicted molar refractivity (Wildman–Crippen MR) is 42.8 cm³/mol. The van der Waals surface area contributed by atoms with Crippen LogP contribution >= 0.6 is 15.9 Å².